The number of carbonyl (C=O) groups is 1. The lowest BCUT2D eigenvalue weighted by Gasteiger charge is -2.42. The number of allylic oxidation sites excluding steroid dienone is 5. The number of imidazole rings is 1. The Morgan fingerprint density at radius 1 is 1.29 bits per heavy atom. The van der Waals surface area contributed by atoms with Crippen LogP contribution in [-0.2, 0) is 10.2 Å². The quantitative estimate of drug-likeness (QED) is 0.327. The van der Waals surface area contributed by atoms with Crippen LogP contribution >= 0.6 is 0 Å². The van der Waals surface area contributed by atoms with Gasteiger partial charge in [0.2, 0.25) is 5.91 Å². The average molecular weight is 557 g/mol. The van der Waals surface area contributed by atoms with Crippen molar-refractivity contribution in [2.75, 3.05) is 4.90 Å². The van der Waals surface area contributed by atoms with Crippen LogP contribution in [-0.4, -0.2) is 21.5 Å². The summed E-state index contributed by atoms with van der Waals surface area (Å²) >= 11 is 0. The summed E-state index contributed by atoms with van der Waals surface area (Å²) < 4.78 is 16.6. The van der Waals surface area contributed by atoms with Gasteiger partial charge in [0.15, 0.2) is 0 Å². The first-order valence-corrected chi connectivity index (χ1v) is 14.8. The number of nitrogens with zero attached hydrogens (tertiary/aromatic N) is 3. The van der Waals surface area contributed by atoms with E-state index < -0.39 is 11.2 Å². The number of nitrogens with one attached hydrogen (secondary N) is 1. The van der Waals surface area contributed by atoms with Crippen molar-refractivity contribution < 1.29 is 9.18 Å². The Bertz CT molecular complexity index is 1530. The normalized spacial score (nSPS) is 21.6. The molecule has 1 N–H and O–H groups in total. The molecule has 1 aromatic carbocycles. The van der Waals surface area contributed by atoms with E-state index in [1.807, 2.05) is 40.1 Å². The Balaban J connectivity index is 1.76. The van der Waals surface area contributed by atoms with Crippen LogP contribution in [0.1, 0.15) is 91.3 Å². The molecule has 1 aliphatic carbocycles. The molecule has 1 saturated carbocycles. The predicted molar refractivity (Wildman–Crippen MR) is 169 cm³/mol. The van der Waals surface area contributed by atoms with Crippen molar-refractivity contribution in [2.45, 2.75) is 91.6 Å². The molecule has 6 heteroatoms. The van der Waals surface area contributed by atoms with E-state index in [0.717, 1.165) is 51.6 Å². The smallest absolute Gasteiger partial charge is 0.237 e. The van der Waals surface area contributed by atoms with Gasteiger partial charge in [0, 0.05) is 23.5 Å². The molecule has 41 heavy (non-hydrogen) atoms. The molecular formula is C35H45FN4O. The van der Waals surface area contributed by atoms with E-state index in [4.69, 9.17) is 4.98 Å². The van der Waals surface area contributed by atoms with Crippen molar-refractivity contribution in [3.63, 3.8) is 0 Å². The molecule has 1 aromatic heterocycles. The molecule has 4 rings (SSSR count). The van der Waals surface area contributed by atoms with Gasteiger partial charge in [0.05, 0.1) is 28.1 Å². The summed E-state index contributed by atoms with van der Waals surface area (Å²) in [6, 6.07) is 6.66. The number of hydrogen-bond acceptors (Lipinski definition) is 3. The van der Waals surface area contributed by atoms with Crippen LogP contribution in [0.15, 0.2) is 67.4 Å². The first kappa shape index (κ1) is 30.3. The van der Waals surface area contributed by atoms with E-state index in [9.17, 15) is 9.18 Å². The van der Waals surface area contributed by atoms with Crippen molar-refractivity contribution in [3.05, 3.63) is 89.3 Å². The summed E-state index contributed by atoms with van der Waals surface area (Å²) in [6.45, 7) is 22.2. The molecule has 0 atom stereocenters. The zero-order chi connectivity index (χ0) is 30.1. The molecule has 218 valence electrons. The molecule has 0 radical (unpaired) electrons. The van der Waals surface area contributed by atoms with E-state index in [1.54, 1.807) is 12.2 Å². The number of hydrogen-bond donors (Lipinski definition) is 1. The average Bonchev–Trinajstić information content (AvgIpc) is 3.42. The third-order valence-electron chi connectivity index (χ3n) is 8.46. The maximum absolute atomic E-state index is 14.5. The summed E-state index contributed by atoms with van der Waals surface area (Å²) in [4.78, 5) is 20.3. The molecule has 2 aromatic rings. The van der Waals surface area contributed by atoms with E-state index in [2.05, 4.69) is 66.9 Å². The highest BCUT2D eigenvalue weighted by Gasteiger charge is 2.49. The number of halogens is 1. The molecule has 0 spiro atoms. The summed E-state index contributed by atoms with van der Waals surface area (Å²) in [7, 11) is 0. The zero-order valence-electron chi connectivity index (χ0n) is 25.7. The Labute approximate surface area is 244 Å². The second kappa shape index (κ2) is 12.1. The number of amides is 1. The minimum Gasteiger partial charge on any atom is -0.355 e. The van der Waals surface area contributed by atoms with Crippen LogP contribution in [0.2, 0.25) is 0 Å². The number of benzene rings is 1. The third kappa shape index (κ3) is 5.74. The Morgan fingerprint density at radius 2 is 2.00 bits per heavy atom. The van der Waals surface area contributed by atoms with E-state index >= 15 is 0 Å². The Kier molecular flexibility index (Phi) is 8.91. The van der Waals surface area contributed by atoms with Crippen LogP contribution in [0.5, 0.6) is 0 Å². The summed E-state index contributed by atoms with van der Waals surface area (Å²) in [5.74, 6) is 0.466. The third-order valence-corrected chi connectivity index (χ3v) is 8.46. The fourth-order valence-corrected chi connectivity index (χ4v) is 6.13. The van der Waals surface area contributed by atoms with Crippen LogP contribution in [0.25, 0.3) is 17.3 Å². The number of fused-ring (bicyclic) bond motifs is 1. The minimum atomic E-state index is -0.547. The standard InChI is InChI=1S/C35H45FN4O/c1-10-13-25-18-27(19-25)40-32-20-26(15-16-28(32)35(8,9)34(40)41)23(6)17-31-33(39(21-37-31)22(4)5)24(7)38-30(14-11-2)29(36)12-3/h11-12,14-17,20-22,25,27,38H,3,6,10,13,18-19H2,1-2,4-5,7-9H3/b14-11-,30-29-,31-17+,33-24-. The van der Waals surface area contributed by atoms with Gasteiger partial charge in [-0.05, 0) is 101 Å². The van der Waals surface area contributed by atoms with Gasteiger partial charge < -0.3 is 14.8 Å². The fourth-order valence-electron chi connectivity index (χ4n) is 6.13. The molecule has 2 heterocycles. The van der Waals surface area contributed by atoms with Crippen molar-refractivity contribution >= 4 is 28.9 Å². The number of carbonyl (C=O) groups excluding carboxylic acids is 1. The molecular weight excluding hydrogens is 511 g/mol. The maximum Gasteiger partial charge on any atom is 0.237 e. The lowest BCUT2D eigenvalue weighted by molar-refractivity contribution is -0.123. The maximum atomic E-state index is 14.5. The number of aromatic nitrogens is 2. The summed E-state index contributed by atoms with van der Waals surface area (Å²) in [5, 5.41) is 4.82. The van der Waals surface area contributed by atoms with Gasteiger partial charge in [0.25, 0.3) is 0 Å². The zero-order valence-corrected chi connectivity index (χ0v) is 25.7. The van der Waals surface area contributed by atoms with Crippen molar-refractivity contribution in [3.8, 4) is 0 Å². The number of rotatable bonds is 10. The molecule has 0 unspecified atom stereocenters. The Hall–Kier alpha value is -3.67. The van der Waals surface area contributed by atoms with Gasteiger partial charge in [0.1, 0.15) is 5.83 Å². The van der Waals surface area contributed by atoms with Gasteiger partial charge in [-0.3, -0.25) is 4.79 Å². The minimum absolute atomic E-state index is 0.142. The molecule has 0 bridgehead atoms. The molecule has 5 nitrogen and oxygen atoms in total. The van der Waals surface area contributed by atoms with Crippen LogP contribution in [0.3, 0.4) is 0 Å². The first-order chi connectivity index (χ1) is 19.4. The van der Waals surface area contributed by atoms with Crippen molar-refractivity contribution in [1.29, 1.82) is 0 Å². The SMILES string of the molecule is C=C/C(F)=C(\C=C/C)N/C(C)=c1/c(=C\C(=C)c2ccc3c(c2)N(C2CC(CCC)C2)C(=O)C3(C)C)ncn1C(C)C. The highest BCUT2D eigenvalue weighted by molar-refractivity contribution is 6.08. The second-order valence-electron chi connectivity index (χ2n) is 12.2. The molecule has 1 aliphatic heterocycles. The Morgan fingerprint density at radius 3 is 2.61 bits per heavy atom. The topological polar surface area (TPSA) is 50.2 Å². The van der Waals surface area contributed by atoms with Crippen LogP contribution in [0.4, 0.5) is 10.1 Å². The van der Waals surface area contributed by atoms with Crippen molar-refractivity contribution in [2.24, 2.45) is 5.92 Å². The molecule has 1 amide bonds. The second-order valence-corrected chi connectivity index (χ2v) is 12.2. The lowest BCUT2D eigenvalue weighted by atomic mass is 9.76. The van der Waals surface area contributed by atoms with Crippen LogP contribution < -0.4 is 20.9 Å². The molecule has 1 fully saturated rings. The summed E-state index contributed by atoms with van der Waals surface area (Å²) in [5.41, 5.74) is 4.38. The fraction of sp³-hybridized carbons (Fsp3) is 0.429. The predicted octanol–water partition coefficient (Wildman–Crippen LogP) is 6.82. The monoisotopic (exact) mass is 556 g/mol. The van der Waals surface area contributed by atoms with Gasteiger partial charge in [-0.1, -0.05) is 51.1 Å². The number of anilines is 1. The summed E-state index contributed by atoms with van der Waals surface area (Å²) in [6.07, 6.45) is 13.0. The first-order valence-electron chi connectivity index (χ1n) is 14.8. The molecule has 0 saturated heterocycles. The van der Waals surface area contributed by atoms with Gasteiger partial charge in [-0.25, -0.2) is 9.37 Å². The van der Waals surface area contributed by atoms with Gasteiger partial charge in [-0.2, -0.15) is 0 Å². The van der Waals surface area contributed by atoms with E-state index in [0.29, 0.717) is 11.6 Å². The molecule has 2 aliphatic rings. The van der Waals surface area contributed by atoms with Crippen LogP contribution in [0, 0.1) is 5.92 Å². The lowest BCUT2D eigenvalue weighted by Crippen LogP contribution is -2.49. The highest BCUT2D eigenvalue weighted by Crippen LogP contribution is 2.48. The van der Waals surface area contributed by atoms with Crippen molar-refractivity contribution in [1.82, 2.24) is 14.9 Å². The highest BCUT2D eigenvalue weighted by atomic mass is 19.1. The van der Waals surface area contributed by atoms with Gasteiger partial charge in [-0.15, -0.1) is 0 Å². The van der Waals surface area contributed by atoms with Gasteiger partial charge >= 0.3 is 0 Å². The largest absolute Gasteiger partial charge is 0.355 e. The van der Waals surface area contributed by atoms with E-state index in [1.165, 1.54) is 18.9 Å². The van der Waals surface area contributed by atoms with E-state index in [-0.39, 0.29) is 18.0 Å².